The molecule has 1 aliphatic carbocycles. The minimum atomic E-state index is -0.697. The second-order valence-corrected chi connectivity index (χ2v) is 6.54. The van der Waals surface area contributed by atoms with Crippen LogP contribution in [0.2, 0.25) is 0 Å². The maximum absolute atomic E-state index is 12.6. The Labute approximate surface area is 172 Å². The van der Waals surface area contributed by atoms with Gasteiger partial charge in [-0.3, -0.25) is 14.9 Å². The summed E-state index contributed by atoms with van der Waals surface area (Å²) in [6.45, 7) is 0. The number of phenols is 1. The van der Waals surface area contributed by atoms with Crippen molar-refractivity contribution in [3.8, 4) is 17.6 Å². The van der Waals surface area contributed by atoms with E-state index in [0.29, 0.717) is 17.7 Å². The van der Waals surface area contributed by atoms with Gasteiger partial charge < -0.3 is 9.84 Å². The van der Waals surface area contributed by atoms with Crippen LogP contribution in [0.15, 0.2) is 47.1 Å². The summed E-state index contributed by atoms with van der Waals surface area (Å²) < 4.78 is 5.24. The Hall–Kier alpha value is -4.19. The van der Waals surface area contributed by atoms with Gasteiger partial charge in [-0.25, -0.2) is 5.43 Å². The van der Waals surface area contributed by atoms with Crippen molar-refractivity contribution in [1.29, 1.82) is 5.26 Å². The zero-order valence-corrected chi connectivity index (χ0v) is 16.1. The number of aryl methyl sites for hydroxylation is 1. The minimum absolute atomic E-state index is 0.0541. The van der Waals surface area contributed by atoms with E-state index in [0.717, 1.165) is 48.4 Å². The van der Waals surface area contributed by atoms with E-state index in [2.05, 4.69) is 10.5 Å². The number of methoxy groups -OCH3 is 1. The van der Waals surface area contributed by atoms with Crippen LogP contribution in [0.25, 0.3) is 5.57 Å². The fraction of sp³-hybridized carbons (Fsp3) is 0.190. The summed E-state index contributed by atoms with van der Waals surface area (Å²) in [6.07, 6.45) is 3.27. The topological polar surface area (TPSA) is 138 Å². The van der Waals surface area contributed by atoms with Gasteiger partial charge in [-0.05, 0) is 54.2 Å². The van der Waals surface area contributed by atoms with Gasteiger partial charge in [0.2, 0.25) is 0 Å². The first kappa shape index (κ1) is 20.5. The molecule has 1 amide bonds. The van der Waals surface area contributed by atoms with E-state index in [1.54, 1.807) is 13.2 Å². The summed E-state index contributed by atoms with van der Waals surface area (Å²) in [5, 5.41) is 34.0. The number of ether oxygens (including phenoxy) is 1. The third-order valence-corrected chi connectivity index (χ3v) is 4.74. The molecule has 9 nitrogen and oxygen atoms in total. The lowest BCUT2D eigenvalue weighted by Gasteiger charge is -2.20. The van der Waals surface area contributed by atoms with Gasteiger partial charge in [0, 0.05) is 17.7 Å². The number of aromatic hydroxyl groups is 1. The maximum atomic E-state index is 12.6. The molecule has 0 saturated heterocycles. The zero-order chi connectivity index (χ0) is 21.7. The fourth-order valence-corrected chi connectivity index (χ4v) is 3.28. The van der Waals surface area contributed by atoms with Crippen LogP contribution in [-0.2, 0) is 11.2 Å². The molecular weight excluding hydrogens is 388 g/mol. The molecule has 2 aromatic rings. The van der Waals surface area contributed by atoms with Crippen LogP contribution >= 0.6 is 0 Å². The Bertz CT molecular complexity index is 1110. The lowest BCUT2D eigenvalue weighted by molar-refractivity contribution is -0.384. The number of fused-ring (bicyclic) bond motifs is 1. The number of rotatable bonds is 5. The fourth-order valence-electron chi connectivity index (χ4n) is 3.28. The van der Waals surface area contributed by atoms with Gasteiger partial charge in [0.05, 0.1) is 18.2 Å². The predicted molar refractivity (Wildman–Crippen MR) is 109 cm³/mol. The van der Waals surface area contributed by atoms with E-state index in [-0.39, 0.29) is 22.6 Å². The van der Waals surface area contributed by atoms with Crippen LogP contribution in [0.5, 0.6) is 11.5 Å². The molecule has 0 heterocycles. The van der Waals surface area contributed by atoms with Crippen LogP contribution in [0.1, 0.15) is 29.5 Å². The molecule has 0 aromatic heterocycles. The van der Waals surface area contributed by atoms with Crippen molar-refractivity contribution in [2.24, 2.45) is 5.10 Å². The van der Waals surface area contributed by atoms with E-state index in [1.807, 2.05) is 18.2 Å². The standard InChI is InChI=1S/C21H18N4O5/c1-30-16-6-7-17-13(10-16)3-2-4-18(17)19(11-22)21(27)24-23-12-14-9-15(25(28)29)5-8-20(14)26/h5-10,12,26H,2-4H2,1H3,(H,24,27)/b19-18+,23-12+. The highest BCUT2D eigenvalue weighted by molar-refractivity contribution is 6.05. The van der Waals surface area contributed by atoms with Crippen molar-refractivity contribution >= 4 is 23.4 Å². The monoisotopic (exact) mass is 406 g/mol. The summed E-state index contributed by atoms with van der Waals surface area (Å²) in [6, 6.07) is 10.9. The number of carbonyl (C=O) groups is 1. The lowest BCUT2D eigenvalue weighted by atomic mass is 9.84. The summed E-state index contributed by atoms with van der Waals surface area (Å²) in [5.41, 5.74) is 4.49. The van der Waals surface area contributed by atoms with Crippen molar-refractivity contribution in [2.75, 3.05) is 7.11 Å². The lowest BCUT2D eigenvalue weighted by Crippen LogP contribution is -2.21. The number of phenolic OH excluding ortho intramolecular Hbond substituents is 1. The summed E-state index contributed by atoms with van der Waals surface area (Å²) in [7, 11) is 1.58. The number of nitrogens with zero attached hydrogens (tertiary/aromatic N) is 3. The van der Waals surface area contributed by atoms with Crippen molar-refractivity contribution < 1.29 is 19.6 Å². The van der Waals surface area contributed by atoms with Crippen LogP contribution < -0.4 is 10.2 Å². The summed E-state index contributed by atoms with van der Waals surface area (Å²) in [4.78, 5) is 22.8. The number of nitro groups is 1. The molecule has 0 radical (unpaired) electrons. The number of nitrogens with one attached hydrogen (secondary N) is 1. The normalized spacial score (nSPS) is 14.5. The highest BCUT2D eigenvalue weighted by atomic mass is 16.6. The molecule has 0 bridgehead atoms. The molecule has 152 valence electrons. The maximum Gasteiger partial charge on any atom is 0.282 e. The molecule has 0 fully saturated rings. The molecule has 0 aliphatic heterocycles. The number of carbonyl (C=O) groups excluding carboxylic acids is 1. The Morgan fingerprint density at radius 1 is 1.33 bits per heavy atom. The molecule has 0 spiro atoms. The Balaban J connectivity index is 1.85. The first-order chi connectivity index (χ1) is 14.4. The molecular formula is C21H18N4O5. The second kappa shape index (κ2) is 8.87. The van der Waals surface area contributed by atoms with E-state index in [4.69, 9.17) is 4.74 Å². The number of hydrogen-bond donors (Lipinski definition) is 2. The minimum Gasteiger partial charge on any atom is -0.507 e. The molecule has 3 rings (SSSR count). The molecule has 30 heavy (non-hydrogen) atoms. The zero-order valence-electron chi connectivity index (χ0n) is 16.1. The van der Waals surface area contributed by atoms with Crippen LogP contribution in [0.3, 0.4) is 0 Å². The third kappa shape index (κ3) is 4.28. The number of hydrazone groups is 1. The largest absolute Gasteiger partial charge is 0.507 e. The number of hydrogen-bond acceptors (Lipinski definition) is 7. The van der Waals surface area contributed by atoms with Gasteiger partial charge in [0.15, 0.2) is 0 Å². The summed E-state index contributed by atoms with van der Waals surface area (Å²) >= 11 is 0. The number of benzene rings is 2. The first-order valence-corrected chi connectivity index (χ1v) is 9.06. The van der Waals surface area contributed by atoms with E-state index < -0.39 is 10.8 Å². The number of allylic oxidation sites excluding steroid dienone is 1. The molecule has 0 atom stereocenters. The average molecular weight is 406 g/mol. The number of nitro benzene ring substituents is 1. The van der Waals surface area contributed by atoms with E-state index in [1.165, 1.54) is 0 Å². The Kier molecular flexibility index (Phi) is 6.08. The van der Waals surface area contributed by atoms with Gasteiger partial charge in [0.25, 0.3) is 11.6 Å². The van der Waals surface area contributed by atoms with Crippen LogP contribution in [0, 0.1) is 21.4 Å². The molecule has 2 aromatic carbocycles. The third-order valence-electron chi connectivity index (χ3n) is 4.74. The van der Waals surface area contributed by atoms with Crippen molar-refractivity contribution in [1.82, 2.24) is 5.43 Å². The van der Waals surface area contributed by atoms with Crippen LogP contribution in [0.4, 0.5) is 5.69 Å². The van der Waals surface area contributed by atoms with Crippen molar-refractivity contribution in [3.63, 3.8) is 0 Å². The second-order valence-electron chi connectivity index (χ2n) is 6.54. The van der Waals surface area contributed by atoms with E-state index >= 15 is 0 Å². The van der Waals surface area contributed by atoms with Gasteiger partial charge >= 0.3 is 0 Å². The first-order valence-electron chi connectivity index (χ1n) is 9.06. The average Bonchev–Trinajstić information content (AvgIpc) is 2.75. The number of amides is 1. The van der Waals surface area contributed by atoms with Gasteiger partial charge in [-0.1, -0.05) is 6.07 Å². The Morgan fingerprint density at radius 3 is 2.83 bits per heavy atom. The number of nitriles is 1. The van der Waals surface area contributed by atoms with Crippen LogP contribution in [-0.4, -0.2) is 29.3 Å². The van der Waals surface area contributed by atoms with Crippen molar-refractivity contribution in [2.45, 2.75) is 19.3 Å². The Morgan fingerprint density at radius 2 is 2.13 bits per heavy atom. The predicted octanol–water partition coefficient (Wildman–Crippen LogP) is 3.07. The molecule has 0 unspecified atom stereocenters. The summed E-state index contributed by atoms with van der Waals surface area (Å²) in [5.74, 6) is -0.218. The van der Waals surface area contributed by atoms with Gasteiger partial charge in [-0.15, -0.1) is 0 Å². The molecule has 2 N–H and O–H groups in total. The van der Waals surface area contributed by atoms with Gasteiger partial charge in [0.1, 0.15) is 23.1 Å². The highest BCUT2D eigenvalue weighted by Crippen LogP contribution is 2.35. The molecule has 0 saturated carbocycles. The number of non-ortho nitro benzene ring substituents is 1. The van der Waals surface area contributed by atoms with Crippen molar-refractivity contribution in [3.05, 3.63) is 68.8 Å². The SMILES string of the molecule is COc1ccc2c(c1)CCC/C2=C(/C#N)C(=O)N/N=C/c1cc([N+](=O)[O-])ccc1O. The van der Waals surface area contributed by atoms with E-state index in [9.17, 15) is 25.3 Å². The molecule has 9 heteroatoms. The molecule has 1 aliphatic rings. The quantitative estimate of drug-likeness (QED) is 0.257. The van der Waals surface area contributed by atoms with Gasteiger partial charge in [-0.2, -0.15) is 10.4 Å². The highest BCUT2D eigenvalue weighted by Gasteiger charge is 2.22. The smallest absolute Gasteiger partial charge is 0.282 e.